The average Bonchev–Trinajstić information content (AvgIpc) is 3.31. The van der Waals surface area contributed by atoms with Crippen LogP contribution in [-0.2, 0) is 6.54 Å². The highest BCUT2D eigenvalue weighted by Crippen LogP contribution is 2.40. The van der Waals surface area contributed by atoms with Crippen LogP contribution in [0.1, 0.15) is 33.1 Å². The van der Waals surface area contributed by atoms with Crippen LogP contribution in [0, 0.1) is 32.1 Å². The molecule has 0 saturated heterocycles. The van der Waals surface area contributed by atoms with Crippen LogP contribution < -0.4 is 16.0 Å². The number of aryl methyl sites for hydroxylation is 3. The minimum absolute atomic E-state index is 0.00323. The van der Waals surface area contributed by atoms with E-state index in [0.717, 1.165) is 5.56 Å². The molecule has 0 unspecified atom stereocenters. The lowest BCUT2D eigenvalue weighted by atomic mass is 10.0. The molecule has 196 valence electrons. The maximum Gasteiger partial charge on any atom is 0.338 e. The number of benzene rings is 1. The van der Waals surface area contributed by atoms with Crippen molar-refractivity contribution in [1.29, 1.82) is 5.26 Å². The van der Waals surface area contributed by atoms with Crippen LogP contribution in [0.3, 0.4) is 0 Å². The number of nitrogens with two attached hydrogens (primary N) is 1. The third-order valence-electron chi connectivity index (χ3n) is 6.29. The zero-order valence-corrected chi connectivity index (χ0v) is 22.6. The molecule has 4 aromatic heterocycles. The standard InChI is InChI=1S/C27H21ClN6O4S/c1-12-8-17(24-23(31-12)19(11-39-24)27(36)37)16-9-15(28)4-5-20(16)38-7-6-34-14(3)33-22-13(2)32-25(30)18(10-29)21(22)26(34)35/h4-5,8-9,11H,6-7H2,1-3H3,(H2,30,32)(H,36,37). The number of ether oxygens (including phenoxy) is 1. The number of nitrogen functional groups attached to an aromatic ring is 1. The van der Waals surface area contributed by atoms with Crippen molar-refractivity contribution in [3.05, 3.63) is 73.4 Å². The fourth-order valence-electron chi connectivity index (χ4n) is 4.52. The van der Waals surface area contributed by atoms with Crippen molar-refractivity contribution in [3.63, 3.8) is 0 Å². The highest BCUT2D eigenvalue weighted by Gasteiger charge is 2.20. The Bertz CT molecular complexity index is 1920. The van der Waals surface area contributed by atoms with Crippen molar-refractivity contribution in [3.8, 4) is 22.9 Å². The number of halogens is 1. The van der Waals surface area contributed by atoms with Crippen LogP contribution in [0.25, 0.3) is 32.2 Å². The summed E-state index contributed by atoms with van der Waals surface area (Å²) in [5.74, 6) is -0.127. The number of thiophene rings is 1. The molecule has 0 atom stereocenters. The number of carbonyl (C=O) groups is 1. The van der Waals surface area contributed by atoms with Gasteiger partial charge in [0, 0.05) is 27.2 Å². The quantitative estimate of drug-likeness (QED) is 0.295. The summed E-state index contributed by atoms with van der Waals surface area (Å²) in [6.07, 6.45) is 0. The van der Waals surface area contributed by atoms with E-state index >= 15 is 0 Å². The van der Waals surface area contributed by atoms with E-state index < -0.39 is 11.5 Å². The molecule has 0 fully saturated rings. The van der Waals surface area contributed by atoms with Crippen LogP contribution in [0.2, 0.25) is 5.02 Å². The highest BCUT2D eigenvalue weighted by atomic mass is 35.5. The lowest BCUT2D eigenvalue weighted by molar-refractivity contribution is 0.0699. The van der Waals surface area contributed by atoms with Gasteiger partial charge in [0.15, 0.2) is 0 Å². The van der Waals surface area contributed by atoms with Gasteiger partial charge in [0.2, 0.25) is 0 Å². The normalized spacial score (nSPS) is 11.2. The van der Waals surface area contributed by atoms with Gasteiger partial charge >= 0.3 is 5.97 Å². The van der Waals surface area contributed by atoms with E-state index in [1.54, 1.807) is 44.4 Å². The van der Waals surface area contributed by atoms with Crippen LogP contribution >= 0.6 is 22.9 Å². The van der Waals surface area contributed by atoms with E-state index in [2.05, 4.69) is 15.0 Å². The van der Waals surface area contributed by atoms with Crippen LogP contribution in [0.15, 0.2) is 34.4 Å². The molecule has 10 nitrogen and oxygen atoms in total. The third kappa shape index (κ3) is 4.54. The number of aromatic nitrogens is 4. The van der Waals surface area contributed by atoms with Crippen molar-refractivity contribution in [2.45, 2.75) is 27.3 Å². The number of fused-ring (bicyclic) bond motifs is 2. The molecule has 4 heterocycles. The molecule has 5 aromatic rings. The average molecular weight is 561 g/mol. The van der Waals surface area contributed by atoms with E-state index in [1.807, 2.05) is 12.1 Å². The number of nitrogens with zero attached hydrogens (tertiary/aromatic N) is 5. The van der Waals surface area contributed by atoms with Crippen molar-refractivity contribution < 1.29 is 14.6 Å². The largest absolute Gasteiger partial charge is 0.491 e. The number of hydrogen-bond acceptors (Lipinski definition) is 9. The number of aromatic carboxylic acids is 1. The molecule has 0 radical (unpaired) electrons. The van der Waals surface area contributed by atoms with Crippen molar-refractivity contribution in [1.82, 2.24) is 19.5 Å². The molecular formula is C27H21ClN6O4S. The number of pyridine rings is 2. The van der Waals surface area contributed by atoms with Gasteiger partial charge in [0.1, 0.15) is 41.1 Å². The van der Waals surface area contributed by atoms with E-state index in [9.17, 15) is 20.0 Å². The summed E-state index contributed by atoms with van der Waals surface area (Å²) in [6, 6.07) is 8.99. The second kappa shape index (κ2) is 9.98. The third-order valence-corrected chi connectivity index (χ3v) is 7.53. The topological polar surface area (TPSA) is 157 Å². The number of hydrogen-bond donors (Lipinski definition) is 2. The molecule has 0 spiro atoms. The minimum atomic E-state index is -1.05. The summed E-state index contributed by atoms with van der Waals surface area (Å²) in [5, 5.41) is 21.3. The lowest BCUT2D eigenvalue weighted by Gasteiger charge is -2.16. The lowest BCUT2D eigenvalue weighted by Crippen LogP contribution is -2.28. The number of carboxylic acids is 1. The monoisotopic (exact) mass is 560 g/mol. The Kier molecular flexibility index (Phi) is 6.68. The first-order valence-corrected chi connectivity index (χ1v) is 13.0. The number of rotatable bonds is 6. The minimum Gasteiger partial charge on any atom is -0.491 e. The number of nitriles is 1. The van der Waals surface area contributed by atoms with Crippen LogP contribution in [0.5, 0.6) is 5.75 Å². The zero-order chi connectivity index (χ0) is 28.0. The molecule has 0 aliphatic heterocycles. The molecule has 0 aliphatic carbocycles. The van der Waals surface area contributed by atoms with E-state index in [0.29, 0.717) is 49.3 Å². The van der Waals surface area contributed by atoms with E-state index in [-0.39, 0.29) is 35.5 Å². The Morgan fingerprint density at radius 1 is 1.18 bits per heavy atom. The van der Waals surface area contributed by atoms with Gasteiger partial charge in [-0.2, -0.15) is 5.26 Å². The van der Waals surface area contributed by atoms with Gasteiger partial charge < -0.3 is 15.6 Å². The smallest absolute Gasteiger partial charge is 0.338 e. The predicted octanol–water partition coefficient (Wildman–Crippen LogP) is 4.88. The molecule has 0 saturated carbocycles. The van der Waals surface area contributed by atoms with Gasteiger partial charge in [-0.25, -0.2) is 14.8 Å². The number of carboxylic acid groups (broad SMARTS) is 1. The van der Waals surface area contributed by atoms with E-state index in [1.165, 1.54) is 15.9 Å². The summed E-state index contributed by atoms with van der Waals surface area (Å²) in [5.41, 5.74) is 8.88. The molecule has 0 aliphatic rings. The first kappa shape index (κ1) is 26.1. The molecule has 3 N–H and O–H groups in total. The molecule has 12 heteroatoms. The van der Waals surface area contributed by atoms with Crippen LogP contribution in [-0.4, -0.2) is 37.2 Å². The van der Waals surface area contributed by atoms with Crippen molar-refractivity contribution in [2.75, 3.05) is 12.3 Å². The molecule has 0 bridgehead atoms. The summed E-state index contributed by atoms with van der Waals surface area (Å²) in [6.45, 7) is 5.42. The molecule has 1 aromatic carbocycles. The van der Waals surface area contributed by atoms with Crippen LogP contribution in [0.4, 0.5) is 5.82 Å². The Balaban J connectivity index is 1.53. The fourth-order valence-corrected chi connectivity index (χ4v) is 5.70. The Labute approximate surface area is 230 Å². The SMILES string of the molecule is Cc1cc(-c2cc(Cl)ccc2OCCn2c(C)nc3c(C)nc(N)c(C#N)c3c2=O)c2scc(C(=O)O)c2n1. The summed E-state index contributed by atoms with van der Waals surface area (Å²) >= 11 is 7.62. The maximum atomic E-state index is 13.4. The van der Waals surface area contributed by atoms with Gasteiger partial charge in [-0.05, 0) is 45.0 Å². The first-order valence-electron chi connectivity index (χ1n) is 11.7. The molecule has 0 amide bonds. The predicted molar refractivity (Wildman–Crippen MR) is 150 cm³/mol. The second-order valence-electron chi connectivity index (χ2n) is 8.84. The van der Waals surface area contributed by atoms with Gasteiger partial charge in [-0.3, -0.25) is 14.3 Å². The number of anilines is 1. The van der Waals surface area contributed by atoms with Gasteiger partial charge in [-0.15, -0.1) is 11.3 Å². The summed E-state index contributed by atoms with van der Waals surface area (Å²) < 4.78 is 8.27. The fraction of sp³-hybridized carbons (Fsp3) is 0.185. The van der Waals surface area contributed by atoms with Crippen molar-refractivity contribution >= 4 is 55.8 Å². The Hall–Kier alpha value is -4.53. The first-order chi connectivity index (χ1) is 18.6. The molecule has 39 heavy (non-hydrogen) atoms. The maximum absolute atomic E-state index is 13.4. The van der Waals surface area contributed by atoms with Gasteiger partial charge in [0.05, 0.1) is 33.4 Å². The van der Waals surface area contributed by atoms with Gasteiger partial charge in [-0.1, -0.05) is 11.6 Å². The summed E-state index contributed by atoms with van der Waals surface area (Å²) in [4.78, 5) is 38.2. The molecule has 5 rings (SSSR count). The Morgan fingerprint density at radius 2 is 1.95 bits per heavy atom. The zero-order valence-electron chi connectivity index (χ0n) is 21.1. The second-order valence-corrected chi connectivity index (χ2v) is 10.2. The molecular weight excluding hydrogens is 540 g/mol. The summed E-state index contributed by atoms with van der Waals surface area (Å²) in [7, 11) is 0. The van der Waals surface area contributed by atoms with Gasteiger partial charge in [0.25, 0.3) is 5.56 Å². The van der Waals surface area contributed by atoms with Crippen molar-refractivity contribution in [2.24, 2.45) is 0 Å². The highest BCUT2D eigenvalue weighted by molar-refractivity contribution is 7.18. The Morgan fingerprint density at radius 3 is 2.67 bits per heavy atom. The van der Waals surface area contributed by atoms with E-state index in [4.69, 9.17) is 22.1 Å².